The number of hydrogen-bond acceptors (Lipinski definition) is 3. The van der Waals surface area contributed by atoms with Crippen LogP contribution in [0.5, 0.6) is 11.5 Å². The van der Waals surface area contributed by atoms with Crippen LogP contribution in [-0.4, -0.2) is 10.1 Å². The van der Waals surface area contributed by atoms with Crippen LogP contribution in [0.3, 0.4) is 0 Å². The van der Waals surface area contributed by atoms with E-state index >= 15 is 0 Å². The fourth-order valence-corrected chi connectivity index (χ4v) is 4.71. The zero-order valence-corrected chi connectivity index (χ0v) is 15.1. The van der Waals surface area contributed by atoms with Crippen LogP contribution < -0.4 is 9.46 Å². The molecule has 2 aromatic carbocycles. The van der Waals surface area contributed by atoms with E-state index in [1.807, 2.05) is 43.3 Å². The molecule has 0 saturated heterocycles. The van der Waals surface area contributed by atoms with Crippen molar-refractivity contribution >= 4 is 28.5 Å². The van der Waals surface area contributed by atoms with Gasteiger partial charge in [-0.3, -0.25) is 9.52 Å². The van der Waals surface area contributed by atoms with Crippen molar-refractivity contribution in [1.82, 2.24) is 4.72 Å². The van der Waals surface area contributed by atoms with Gasteiger partial charge in [-0.1, -0.05) is 23.7 Å². The zero-order chi connectivity index (χ0) is 17.6. The molecule has 4 nitrogen and oxygen atoms in total. The molecule has 128 valence electrons. The van der Waals surface area contributed by atoms with E-state index in [2.05, 4.69) is 4.72 Å². The summed E-state index contributed by atoms with van der Waals surface area (Å²) < 4.78 is 20.4. The van der Waals surface area contributed by atoms with Crippen molar-refractivity contribution in [2.45, 2.75) is 25.7 Å². The molecule has 0 fully saturated rings. The highest BCUT2D eigenvalue weighted by atomic mass is 35.5. The average Bonchev–Trinajstić information content (AvgIpc) is 3.12. The van der Waals surface area contributed by atoms with Crippen molar-refractivity contribution in [2.24, 2.45) is 0 Å². The third kappa shape index (κ3) is 3.10. The molecule has 1 amide bonds. The van der Waals surface area contributed by atoms with Crippen molar-refractivity contribution < 1.29 is 13.7 Å². The Kier molecular flexibility index (Phi) is 4.13. The van der Waals surface area contributed by atoms with Gasteiger partial charge in [0, 0.05) is 12.0 Å². The van der Waals surface area contributed by atoms with Gasteiger partial charge >= 0.3 is 0 Å². The molecule has 0 aromatic heterocycles. The number of amides is 1. The Balaban J connectivity index is 1.60. The Hall–Kier alpha value is -2.11. The van der Waals surface area contributed by atoms with E-state index in [0.29, 0.717) is 15.7 Å². The molecule has 25 heavy (non-hydrogen) atoms. The van der Waals surface area contributed by atoms with Gasteiger partial charge in [0.05, 0.1) is 9.93 Å². The van der Waals surface area contributed by atoms with Gasteiger partial charge in [0.1, 0.15) is 22.5 Å². The van der Waals surface area contributed by atoms with Crippen molar-refractivity contribution in [2.75, 3.05) is 0 Å². The maximum atomic E-state index is 12.0. The van der Waals surface area contributed by atoms with Crippen LogP contribution in [0.2, 0.25) is 5.02 Å². The van der Waals surface area contributed by atoms with Crippen molar-refractivity contribution in [1.29, 1.82) is 0 Å². The molecule has 2 aliphatic rings. The molecule has 2 atom stereocenters. The van der Waals surface area contributed by atoms with Gasteiger partial charge < -0.3 is 4.74 Å². The number of carbonyl (C=O) groups is 1. The Morgan fingerprint density at radius 1 is 1.24 bits per heavy atom. The first kappa shape index (κ1) is 16.4. The highest BCUT2D eigenvalue weighted by molar-refractivity contribution is 7.88. The second kappa shape index (κ2) is 6.32. The number of hydrogen-bond donors (Lipinski definition) is 1. The van der Waals surface area contributed by atoms with E-state index in [4.69, 9.17) is 16.3 Å². The van der Waals surface area contributed by atoms with E-state index in [0.717, 1.165) is 35.3 Å². The number of aryl methyl sites for hydroxylation is 2. The van der Waals surface area contributed by atoms with Crippen LogP contribution in [0, 0.1) is 6.92 Å². The van der Waals surface area contributed by atoms with Gasteiger partial charge in [-0.05, 0) is 60.7 Å². The Labute approximate surface area is 153 Å². The van der Waals surface area contributed by atoms with E-state index < -0.39 is 11.0 Å². The van der Waals surface area contributed by atoms with E-state index in [1.165, 1.54) is 6.08 Å². The molecule has 1 heterocycles. The standard InChI is InChI=1S/C19H16ClNO3S/c1-11-2-7-17(16(20)8-11)24-13-4-6-14-12(9-13)3-5-15(14)18-10-19(22)21-25(18)23/h2,4,6-10,15H,3,5H2,1H3,(H,21,22). The zero-order valence-electron chi connectivity index (χ0n) is 13.5. The lowest BCUT2D eigenvalue weighted by molar-refractivity contribution is -0.114. The number of carbonyl (C=O) groups excluding carboxylic acids is 1. The summed E-state index contributed by atoms with van der Waals surface area (Å²) >= 11 is 6.23. The van der Waals surface area contributed by atoms with Crippen LogP contribution in [0.1, 0.15) is 29.0 Å². The Morgan fingerprint density at radius 3 is 2.80 bits per heavy atom. The van der Waals surface area contributed by atoms with Gasteiger partial charge in [0.2, 0.25) is 0 Å². The molecule has 1 aliphatic carbocycles. The number of benzene rings is 2. The number of rotatable bonds is 3. The summed E-state index contributed by atoms with van der Waals surface area (Å²) in [4.78, 5) is 12.1. The van der Waals surface area contributed by atoms with Crippen LogP contribution >= 0.6 is 11.6 Å². The first-order chi connectivity index (χ1) is 12.0. The molecule has 2 unspecified atom stereocenters. The van der Waals surface area contributed by atoms with E-state index in [1.54, 1.807) is 0 Å². The van der Waals surface area contributed by atoms with Crippen molar-refractivity contribution in [3.05, 3.63) is 69.1 Å². The minimum atomic E-state index is -1.42. The second-order valence-corrected chi connectivity index (χ2v) is 7.89. The van der Waals surface area contributed by atoms with Gasteiger partial charge in [-0.2, -0.15) is 0 Å². The molecule has 1 aliphatic heterocycles. The highest BCUT2D eigenvalue weighted by Gasteiger charge is 2.33. The minimum absolute atomic E-state index is 0.0202. The molecule has 1 N–H and O–H groups in total. The van der Waals surface area contributed by atoms with E-state index in [-0.39, 0.29) is 11.8 Å². The van der Waals surface area contributed by atoms with E-state index in [9.17, 15) is 9.00 Å². The van der Waals surface area contributed by atoms with Crippen molar-refractivity contribution in [3.8, 4) is 11.5 Å². The number of fused-ring (bicyclic) bond motifs is 1. The number of ether oxygens (including phenoxy) is 1. The van der Waals surface area contributed by atoms with Crippen LogP contribution in [-0.2, 0) is 22.2 Å². The van der Waals surface area contributed by atoms with Crippen molar-refractivity contribution in [3.63, 3.8) is 0 Å². The smallest absolute Gasteiger partial charge is 0.256 e. The predicted molar refractivity (Wildman–Crippen MR) is 98.1 cm³/mol. The molecule has 6 heteroatoms. The maximum Gasteiger partial charge on any atom is 0.256 e. The first-order valence-corrected chi connectivity index (χ1v) is 9.55. The fraction of sp³-hybridized carbons (Fsp3) is 0.211. The monoisotopic (exact) mass is 373 g/mol. The molecule has 0 bridgehead atoms. The largest absolute Gasteiger partial charge is 0.456 e. The third-order valence-corrected chi connectivity index (χ3v) is 6.04. The normalized spacial score (nSPS) is 21.7. The molecule has 0 radical (unpaired) electrons. The molecular weight excluding hydrogens is 358 g/mol. The van der Waals surface area contributed by atoms with Crippen LogP contribution in [0.25, 0.3) is 0 Å². The summed E-state index contributed by atoms with van der Waals surface area (Å²) in [5.74, 6) is 1.08. The lowest BCUT2D eigenvalue weighted by atomic mass is 10.0. The summed E-state index contributed by atoms with van der Waals surface area (Å²) in [7, 11) is -1.42. The summed E-state index contributed by atoms with van der Waals surface area (Å²) in [6.45, 7) is 1.98. The summed E-state index contributed by atoms with van der Waals surface area (Å²) in [5.41, 5.74) is 3.34. The first-order valence-electron chi connectivity index (χ1n) is 8.02. The van der Waals surface area contributed by atoms with Gasteiger partial charge in [0.25, 0.3) is 5.91 Å². The SMILES string of the molecule is Cc1ccc(Oc2ccc3c(c2)CCC3C2=CC(=O)NS2=O)c(Cl)c1. The molecule has 2 aromatic rings. The summed E-state index contributed by atoms with van der Waals surface area (Å²) in [6, 6.07) is 11.6. The van der Waals surface area contributed by atoms with Gasteiger partial charge in [0.15, 0.2) is 0 Å². The average molecular weight is 374 g/mol. The highest BCUT2D eigenvalue weighted by Crippen LogP contribution is 2.42. The summed E-state index contributed by atoms with van der Waals surface area (Å²) in [6.07, 6.45) is 3.17. The minimum Gasteiger partial charge on any atom is -0.456 e. The predicted octanol–water partition coefficient (Wildman–Crippen LogP) is 4.15. The molecular formula is C19H16ClNO3S. The van der Waals surface area contributed by atoms with Crippen LogP contribution in [0.15, 0.2) is 47.4 Å². The number of halogens is 1. The quantitative estimate of drug-likeness (QED) is 0.879. The fourth-order valence-electron chi connectivity index (χ4n) is 3.36. The van der Waals surface area contributed by atoms with Gasteiger partial charge in [-0.15, -0.1) is 0 Å². The number of nitrogens with one attached hydrogen (secondary N) is 1. The molecule has 0 saturated carbocycles. The summed E-state index contributed by atoms with van der Waals surface area (Å²) in [5, 5.41) is 0.578. The Morgan fingerprint density at radius 2 is 2.08 bits per heavy atom. The maximum absolute atomic E-state index is 12.0. The van der Waals surface area contributed by atoms with Crippen LogP contribution in [0.4, 0.5) is 0 Å². The molecule has 0 spiro atoms. The molecule has 4 rings (SSSR count). The topological polar surface area (TPSA) is 55.4 Å². The lowest BCUT2D eigenvalue weighted by Gasteiger charge is -2.13. The Bertz CT molecular complexity index is 938. The second-order valence-electron chi connectivity index (χ2n) is 6.27. The lowest BCUT2D eigenvalue weighted by Crippen LogP contribution is -2.17. The number of allylic oxidation sites excluding steroid dienone is 1. The van der Waals surface area contributed by atoms with Gasteiger partial charge in [-0.25, -0.2) is 4.21 Å². The third-order valence-electron chi connectivity index (χ3n) is 4.53.